The number of carbonyl (C=O) groups excluding carboxylic acids is 1. The Morgan fingerprint density at radius 2 is 1.61 bits per heavy atom. The van der Waals surface area contributed by atoms with Crippen LogP contribution in [0.5, 0.6) is 5.75 Å². The minimum Gasteiger partial charge on any atom is -0.494 e. The molecule has 2 N–H and O–H groups in total. The Hall–Kier alpha value is -3.61. The van der Waals surface area contributed by atoms with Crippen LogP contribution in [-0.4, -0.2) is 36.8 Å². The van der Waals surface area contributed by atoms with Crippen LogP contribution in [0.4, 0.5) is 22.9 Å². The number of carbonyl (C=O) groups is 1. The van der Waals surface area contributed by atoms with Gasteiger partial charge in [-0.3, -0.25) is 4.79 Å². The van der Waals surface area contributed by atoms with Crippen molar-refractivity contribution in [2.75, 3.05) is 36.2 Å². The summed E-state index contributed by atoms with van der Waals surface area (Å²) in [6.07, 6.45) is 0. The van der Waals surface area contributed by atoms with Crippen LogP contribution in [0.25, 0.3) is 0 Å². The number of hydrogen-bond donors (Lipinski definition) is 2. The predicted molar refractivity (Wildman–Crippen MR) is 112 cm³/mol. The molecule has 1 aromatic heterocycles. The second kappa shape index (κ2) is 8.85. The molecule has 7 nitrogen and oxygen atoms in total. The molecule has 0 fully saturated rings. The fraction of sp³-hybridized carbons (Fsp3) is 0.190. The van der Waals surface area contributed by atoms with Gasteiger partial charge in [-0.05, 0) is 67.6 Å². The van der Waals surface area contributed by atoms with Gasteiger partial charge in [0.2, 0.25) is 0 Å². The van der Waals surface area contributed by atoms with E-state index in [4.69, 9.17) is 4.74 Å². The molecule has 7 heteroatoms. The maximum atomic E-state index is 12.3. The topological polar surface area (TPSA) is 79.4 Å². The molecule has 0 aliphatic heterocycles. The highest BCUT2D eigenvalue weighted by atomic mass is 16.5. The van der Waals surface area contributed by atoms with Gasteiger partial charge in [-0.2, -0.15) is 0 Å². The van der Waals surface area contributed by atoms with Gasteiger partial charge in [0.1, 0.15) is 5.75 Å². The van der Waals surface area contributed by atoms with Crippen molar-refractivity contribution >= 4 is 28.8 Å². The molecule has 0 radical (unpaired) electrons. The van der Waals surface area contributed by atoms with Crippen molar-refractivity contribution in [3.8, 4) is 5.75 Å². The molecule has 0 aliphatic carbocycles. The molecule has 1 amide bonds. The van der Waals surface area contributed by atoms with Crippen molar-refractivity contribution in [3.05, 3.63) is 66.4 Å². The zero-order valence-electron chi connectivity index (χ0n) is 16.1. The molecule has 144 valence electrons. The van der Waals surface area contributed by atoms with Gasteiger partial charge in [0.15, 0.2) is 11.5 Å². The largest absolute Gasteiger partial charge is 0.494 e. The van der Waals surface area contributed by atoms with E-state index >= 15 is 0 Å². The van der Waals surface area contributed by atoms with Crippen LogP contribution in [0.3, 0.4) is 0 Å². The molecule has 1 heterocycles. The van der Waals surface area contributed by atoms with Gasteiger partial charge in [0.25, 0.3) is 5.91 Å². The molecular formula is C21H23N5O2. The molecule has 2 aromatic carbocycles. The van der Waals surface area contributed by atoms with Crippen molar-refractivity contribution in [3.63, 3.8) is 0 Å². The third-order valence-electron chi connectivity index (χ3n) is 3.98. The van der Waals surface area contributed by atoms with E-state index in [1.54, 1.807) is 36.4 Å². The molecule has 3 rings (SSSR count). The predicted octanol–water partition coefficient (Wildman–Crippen LogP) is 3.94. The summed E-state index contributed by atoms with van der Waals surface area (Å²) < 4.78 is 5.39. The Morgan fingerprint density at radius 3 is 2.18 bits per heavy atom. The molecule has 0 saturated heterocycles. The van der Waals surface area contributed by atoms with Gasteiger partial charge in [0, 0.05) is 31.2 Å². The molecule has 0 atom stereocenters. The van der Waals surface area contributed by atoms with Gasteiger partial charge < -0.3 is 20.3 Å². The van der Waals surface area contributed by atoms with E-state index in [0.29, 0.717) is 18.1 Å². The van der Waals surface area contributed by atoms with Crippen LogP contribution in [0.15, 0.2) is 60.7 Å². The average molecular weight is 377 g/mol. The number of anilines is 4. The standard InChI is InChI=1S/C21H23N5O2/c1-4-28-18-11-7-16(8-12-18)23-21(27)19-13-14-20(25-24-19)22-15-5-9-17(10-6-15)26(2)3/h5-14H,4H2,1-3H3,(H,22,25)(H,23,27). The van der Waals surface area contributed by atoms with Crippen LogP contribution in [0, 0.1) is 0 Å². The maximum Gasteiger partial charge on any atom is 0.276 e. The van der Waals surface area contributed by atoms with Crippen LogP contribution in [0.1, 0.15) is 17.4 Å². The Bertz CT molecular complexity index is 907. The van der Waals surface area contributed by atoms with E-state index in [1.807, 2.05) is 50.2 Å². The molecule has 3 aromatic rings. The molecule has 0 unspecified atom stereocenters. The highest BCUT2D eigenvalue weighted by molar-refractivity contribution is 6.02. The fourth-order valence-corrected chi connectivity index (χ4v) is 2.51. The molecule has 0 saturated carbocycles. The zero-order chi connectivity index (χ0) is 19.9. The lowest BCUT2D eigenvalue weighted by Crippen LogP contribution is -2.14. The Labute approximate surface area is 164 Å². The Morgan fingerprint density at radius 1 is 0.929 bits per heavy atom. The summed E-state index contributed by atoms with van der Waals surface area (Å²) in [6, 6.07) is 18.5. The monoisotopic (exact) mass is 377 g/mol. The van der Waals surface area contributed by atoms with Gasteiger partial charge in [-0.15, -0.1) is 10.2 Å². The lowest BCUT2D eigenvalue weighted by molar-refractivity contribution is 0.102. The van der Waals surface area contributed by atoms with Crippen LogP contribution < -0.4 is 20.3 Å². The van der Waals surface area contributed by atoms with Crippen molar-refractivity contribution in [1.29, 1.82) is 0 Å². The van der Waals surface area contributed by atoms with E-state index in [9.17, 15) is 4.79 Å². The lowest BCUT2D eigenvalue weighted by Gasteiger charge is -2.13. The maximum absolute atomic E-state index is 12.3. The summed E-state index contributed by atoms with van der Waals surface area (Å²) in [5.41, 5.74) is 2.91. The van der Waals surface area contributed by atoms with Gasteiger partial charge in [-0.1, -0.05) is 0 Å². The summed E-state index contributed by atoms with van der Waals surface area (Å²) in [5, 5.41) is 14.0. The molecule has 28 heavy (non-hydrogen) atoms. The first-order valence-electron chi connectivity index (χ1n) is 8.97. The molecule has 0 spiro atoms. The van der Waals surface area contributed by atoms with Crippen LogP contribution in [-0.2, 0) is 0 Å². The third kappa shape index (κ3) is 4.97. The number of aromatic nitrogens is 2. The average Bonchev–Trinajstić information content (AvgIpc) is 2.70. The normalized spacial score (nSPS) is 10.2. The summed E-state index contributed by atoms with van der Waals surface area (Å²) in [4.78, 5) is 14.4. The first-order chi connectivity index (χ1) is 13.5. The van der Waals surface area contributed by atoms with Gasteiger partial charge >= 0.3 is 0 Å². The first-order valence-corrected chi connectivity index (χ1v) is 8.97. The van der Waals surface area contributed by atoms with Crippen LogP contribution in [0.2, 0.25) is 0 Å². The number of rotatable bonds is 7. The number of nitrogens with one attached hydrogen (secondary N) is 2. The van der Waals surface area contributed by atoms with Crippen LogP contribution >= 0.6 is 0 Å². The van der Waals surface area contributed by atoms with Gasteiger partial charge in [0.05, 0.1) is 6.61 Å². The van der Waals surface area contributed by atoms with E-state index in [0.717, 1.165) is 17.1 Å². The van der Waals surface area contributed by atoms with Crippen molar-refractivity contribution in [1.82, 2.24) is 10.2 Å². The van der Waals surface area contributed by atoms with E-state index < -0.39 is 0 Å². The summed E-state index contributed by atoms with van der Waals surface area (Å²) in [7, 11) is 3.98. The fourth-order valence-electron chi connectivity index (χ4n) is 2.51. The lowest BCUT2D eigenvalue weighted by atomic mass is 10.2. The quantitative estimate of drug-likeness (QED) is 0.649. The third-order valence-corrected chi connectivity index (χ3v) is 3.98. The summed E-state index contributed by atoms with van der Waals surface area (Å²) >= 11 is 0. The summed E-state index contributed by atoms with van der Waals surface area (Å²) in [5.74, 6) is 1.00. The Balaban J connectivity index is 1.60. The van der Waals surface area contributed by atoms with E-state index in [-0.39, 0.29) is 11.6 Å². The number of benzene rings is 2. The van der Waals surface area contributed by atoms with Crippen molar-refractivity contribution in [2.24, 2.45) is 0 Å². The highest BCUT2D eigenvalue weighted by Gasteiger charge is 2.09. The smallest absolute Gasteiger partial charge is 0.276 e. The SMILES string of the molecule is CCOc1ccc(NC(=O)c2ccc(Nc3ccc(N(C)C)cc3)nn2)cc1. The minimum absolute atomic E-state index is 0.238. The van der Waals surface area contributed by atoms with Gasteiger partial charge in [-0.25, -0.2) is 0 Å². The Kier molecular flexibility index (Phi) is 6.06. The number of hydrogen-bond acceptors (Lipinski definition) is 6. The van der Waals surface area contributed by atoms with E-state index in [2.05, 4.69) is 20.8 Å². The molecule has 0 bridgehead atoms. The first kappa shape index (κ1) is 19.2. The number of ether oxygens (including phenoxy) is 1. The summed E-state index contributed by atoms with van der Waals surface area (Å²) in [6.45, 7) is 2.52. The zero-order valence-corrected chi connectivity index (χ0v) is 16.1. The second-order valence-corrected chi connectivity index (χ2v) is 6.28. The highest BCUT2D eigenvalue weighted by Crippen LogP contribution is 2.19. The minimum atomic E-state index is -0.321. The number of amides is 1. The van der Waals surface area contributed by atoms with Crippen molar-refractivity contribution in [2.45, 2.75) is 6.92 Å². The van der Waals surface area contributed by atoms with Crippen molar-refractivity contribution < 1.29 is 9.53 Å². The number of nitrogens with zero attached hydrogens (tertiary/aromatic N) is 3. The molecular weight excluding hydrogens is 354 g/mol. The molecule has 0 aliphatic rings. The second-order valence-electron chi connectivity index (χ2n) is 6.28. The van der Waals surface area contributed by atoms with E-state index in [1.165, 1.54) is 0 Å².